The highest BCUT2D eigenvalue weighted by atomic mass is 35.5. The Kier molecular flexibility index (Phi) is 5.07. The van der Waals surface area contributed by atoms with Crippen molar-refractivity contribution in [2.24, 2.45) is 5.92 Å². The summed E-state index contributed by atoms with van der Waals surface area (Å²) in [6.45, 7) is 2.15. The molecule has 0 aromatic heterocycles. The smallest absolute Gasteiger partial charge is 0.326 e. The van der Waals surface area contributed by atoms with Crippen LogP contribution >= 0.6 is 11.6 Å². The van der Waals surface area contributed by atoms with Gasteiger partial charge in [0, 0.05) is 11.6 Å². The summed E-state index contributed by atoms with van der Waals surface area (Å²) in [4.78, 5) is 25.0. The van der Waals surface area contributed by atoms with Crippen LogP contribution in [0, 0.1) is 5.92 Å². The van der Waals surface area contributed by atoms with Crippen LogP contribution in [0.1, 0.15) is 19.8 Å². The molecule has 2 unspecified atom stereocenters. The van der Waals surface area contributed by atoms with E-state index in [0.717, 1.165) is 12.8 Å². The van der Waals surface area contributed by atoms with Crippen LogP contribution in [-0.4, -0.2) is 41.1 Å². The van der Waals surface area contributed by atoms with Crippen molar-refractivity contribution in [3.8, 4) is 5.75 Å². The molecule has 1 amide bonds. The Morgan fingerprint density at radius 3 is 2.67 bits per heavy atom. The summed E-state index contributed by atoms with van der Waals surface area (Å²) >= 11 is 5.77. The number of piperidine rings is 1. The molecule has 0 saturated carbocycles. The van der Waals surface area contributed by atoms with Gasteiger partial charge in [-0.3, -0.25) is 4.79 Å². The highest BCUT2D eigenvalue weighted by Gasteiger charge is 2.36. The molecule has 1 aromatic carbocycles. The summed E-state index contributed by atoms with van der Waals surface area (Å²) in [5, 5.41) is 9.88. The standard InChI is InChI=1S/C15H18ClNO4/c1-10-3-2-8-17(14(10)15(19)20)13(18)9-21-12-6-4-11(16)5-7-12/h4-7,10,14H,2-3,8-9H2,1H3,(H,19,20). The summed E-state index contributed by atoms with van der Waals surface area (Å²) in [7, 11) is 0. The number of hydrogen-bond donors (Lipinski definition) is 1. The minimum Gasteiger partial charge on any atom is -0.484 e. The molecule has 1 aliphatic rings. The van der Waals surface area contributed by atoms with Crippen molar-refractivity contribution in [1.82, 2.24) is 4.90 Å². The van der Waals surface area contributed by atoms with Gasteiger partial charge in [-0.25, -0.2) is 4.79 Å². The zero-order valence-corrected chi connectivity index (χ0v) is 12.5. The lowest BCUT2D eigenvalue weighted by Crippen LogP contribution is -2.53. The van der Waals surface area contributed by atoms with Gasteiger partial charge in [0.2, 0.25) is 0 Å². The number of rotatable bonds is 4. The maximum Gasteiger partial charge on any atom is 0.326 e. The normalized spacial score (nSPS) is 21.9. The Morgan fingerprint density at radius 2 is 2.05 bits per heavy atom. The first-order valence-electron chi connectivity index (χ1n) is 6.89. The number of carbonyl (C=O) groups excluding carboxylic acids is 1. The average molecular weight is 312 g/mol. The number of carboxylic acid groups (broad SMARTS) is 1. The number of halogens is 1. The molecule has 2 atom stereocenters. The lowest BCUT2D eigenvalue weighted by Gasteiger charge is -2.37. The molecule has 21 heavy (non-hydrogen) atoms. The second kappa shape index (κ2) is 6.80. The SMILES string of the molecule is CC1CCCN(C(=O)COc2ccc(Cl)cc2)C1C(=O)O. The molecule has 114 valence electrons. The molecule has 5 nitrogen and oxygen atoms in total. The molecule has 0 radical (unpaired) electrons. The number of nitrogens with zero attached hydrogens (tertiary/aromatic N) is 1. The minimum absolute atomic E-state index is 0.0456. The summed E-state index contributed by atoms with van der Waals surface area (Å²) in [5.74, 6) is -0.772. The molecule has 1 aliphatic heterocycles. The van der Waals surface area contributed by atoms with Crippen molar-refractivity contribution in [2.45, 2.75) is 25.8 Å². The molecular formula is C15H18ClNO4. The Hall–Kier alpha value is -1.75. The number of hydrogen-bond acceptors (Lipinski definition) is 3. The van der Waals surface area contributed by atoms with E-state index in [-0.39, 0.29) is 18.4 Å². The van der Waals surface area contributed by atoms with Crippen LogP contribution in [0.2, 0.25) is 5.02 Å². The maximum absolute atomic E-state index is 12.2. The van der Waals surface area contributed by atoms with Gasteiger partial charge in [0.05, 0.1) is 0 Å². The molecular weight excluding hydrogens is 294 g/mol. The van der Waals surface area contributed by atoms with Crippen LogP contribution in [0.15, 0.2) is 24.3 Å². The predicted molar refractivity (Wildman–Crippen MR) is 78.5 cm³/mol. The van der Waals surface area contributed by atoms with E-state index >= 15 is 0 Å². The molecule has 0 bridgehead atoms. The van der Waals surface area contributed by atoms with Gasteiger partial charge in [-0.15, -0.1) is 0 Å². The summed E-state index contributed by atoms with van der Waals surface area (Å²) in [6, 6.07) is 5.92. The van der Waals surface area contributed by atoms with Gasteiger partial charge in [0.15, 0.2) is 6.61 Å². The first-order valence-corrected chi connectivity index (χ1v) is 7.27. The first kappa shape index (κ1) is 15.6. The molecule has 1 N–H and O–H groups in total. The fourth-order valence-electron chi connectivity index (χ4n) is 2.60. The van der Waals surface area contributed by atoms with E-state index in [0.29, 0.717) is 17.3 Å². The van der Waals surface area contributed by atoms with E-state index in [1.807, 2.05) is 6.92 Å². The lowest BCUT2D eigenvalue weighted by atomic mass is 9.91. The lowest BCUT2D eigenvalue weighted by molar-refractivity contribution is -0.155. The highest BCUT2D eigenvalue weighted by Crippen LogP contribution is 2.24. The number of carboxylic acids is 1. The third kappa shape index (κ3) is 3.88. The zero-order valence-electron chi connectivity index (χ0n) is 11.8. The number of benzene rings is 1. The highest BCUT2D eigenvalue weighted by molar-refractivity contribution is 6.30. The van der Waals surface area contributed by atoms with Crippen molar-refractivity contribution in [3.05, 3.63) is 29.3 Å². The quantitative estimate of drug-likeness (QED) is 0.927. The average Bonchev–Trinajstić information content (AvgIpc) is 2.45. The van der Waals surface area contributed by atoms with Crippen molar-refractivity contribution >= 4 is 23.5 Å². The Labute approximate surface area is 128 Å². The largest absolute Gasteiger partial charge is 0.484 e. The van der Waals surface area contributed by atoms with Crippen LogP contribution in [-0.2, 0) is 9.59 Å². The second-order valence-corrected chi connectivity index (χ2v) is 5.67. The first-order chi connectivity index (χ1) is 9.99. The number of carbonyl (C=O) groups is 2. The summed E-state index contributed by atoms with van der Waals surface area (Å²) in [6.07, 6.45) is 1.64. The molecule has 0 aliphatic carbocycles. The van der Waals surface area contributed by atoms with Crippen molar-refractivity contribution in [1.29, 1.82) is 0 Å². The molecule has 6 heteroatoms. The second-order valence-electron chi connectivity index (χ2n) is 5.23. The Morgan fingerprint density at radius 1 is 1.38 bits per heavy atom. The number of ether oxygens (including phenoxy) is 1. The summed E-state index contributed by atoms with van der Waals surface area (Å²) < 4.78 is 5.40. The third-order valence-electron chi connectivity index (χ3n) is 3.68. The van der Waals surface area contributed by atoms with E-state index in [4.69, 9.17) is 16.3 Å². The van der Waals surface area contributed by atoms with Crippen LogP contribution in [0.4, 0.5) is 0 Å². The Bertz CT molecular complexity index is 517. The van der Waals surface area contributed by atoms with E-state index in [2.05, 4.69) is 0 Å². The predicted octanol–water partition coefficient (Wildman–Crippen LogP) is 2.43. The minimum atomic E-state index is -0.956. The molecule has 1 fully saturated rings. The van der Waals surface area contributed by atoms with Crippen LogP contribution in [0.3, 0.4) is 0 Å². The van der Waals surface area contributed by atoms with Gasteiger partial charge in [-0.05, 0) is 43.0 Å². The molecule has 2 rings (SSSR count). The molecule has 1 aromatic rings. The van der Waals surface area contributed by atoms with Gasteiger partial charge in [-0.2, -0.15) is 0 Å². The van der Waals surface area contributed by atoms with Gasteiger partial charge < -0.3 is 14.7 Å². The van der Waals surface area contributed by atoms with Crippen molar-refractivity contribution < 1.29 is 19.4 Å². The van der Waals surface area contributed by atoms with E-state index < -0.39 is 12.0 Å². The van der Waals surface area contributed by atoms with Crippen LogP contribution < -0.4 is 4.74 Å². The molecule has 0 spiro atoms. The van der Waals surface area contributed by atoms with E-state index in [9.17, 15) is 14.7 Å². The maximum atomic E-state index is 12.2. The summed E-state index contributed by atoms with van der Waals surface area (Å²) in [5.41, 5.74) is 0. The zero-order chi connectivity index (χ0) is 15.4. The van der Waals surface area contributed by atoms with Crippen LogP contribution in [0.25, 0.3) is 0 Å². The molecule has 1 heterocycles. The van der Waals surface area contributed by atoms with E-state index in [1.54, 1.807) is 24.3 Å². The Balaban J connectivity index is 1.98. The molecule has 1 saturated heterocycles. The number of aliphatic carboxylic acids is 1. The van der Waals surface area contributed by atoms with Crippen molar-refractivity contribution in [2.75, 3.05) is 13.2 Å². The van der Waals surface area contributed by atoms with E-state index in [1.165, 1.54) is 4.90 Å². The van der Waals surface area contributed by atoms with Gasteiger partial charge in [-0.1, -0.05) is 18.5 Å². The van der Waals surface area contributed by atoms with Crippen LogP contribution in [0.5, 0.6) is 5.75 Å². The third-order valence-corrected chi connectivity index (χ3v) is 3.93. The van der Waals surface area contributed by atoms with Gasteiger partial charge in [0.1, 0.15) is 11.8 Å². The monoisotopic (exact) mass is 311 g/mol. The van der Waals surface area contributed by atoms with Crippen molar-refractivity contribution in [3.63, 3.8) is 0 Å². The number of amides is 1. The van der Waals surface area contributed by atoms with Gasteiger partial charge in [0.25, 0.3) is 5.91 Å². The van der Waals surface area contributed by atoms with Gasteiger partial charge >= 0.3 is 5.97 Å². The topological polar surface area (TPSA) is 66.8 Å². The fourth-order valence-corrected chi connectivity index (χ4v) is 2.73. The fraction of sp³-hybridized carbons (Fsp3) is 0.467. The number of likely N-dealkylation sites (tertiary alicyclic amines) is 1.